The summed E-state index contributed by atoms with van der Waals surface area (Å²) in [7, 11) is 1.64. The van der Waals surface area contributed by atoms with Crippen LogP contribution in [0.2, 0.25) is 0 Å². The summed E-state index contributed by atoms with van der Waals surface area (Å²) in [6.45, 7) is 0.500. The van der Waals surface area contributed by atoms with E-state index in [4.69, 9.17) is 10.6 Å². The van der Waals surface area contributed by atoms with Crippen LogP contribution in [0.25, 0.3) is 6.20 Å². The van der Waals surface area contributed by atoms with Crippen LogP contribution < -0.4 is 21.2 Å². The fraction of sp³-hybridized carbons (Fsp3) is 0.222. The molecule has 0 saturated carbocycles. The van der Waals surface area contributed by atoms with Gasteiger partial charge in [-0.15, -0.1) is 12.4 Å². The van der Waals surface area contributed by atoms with Crippen LogP contribution in [0, 0.1) is 0 Å². The molecule has 76 valence electrons. The first kappa shape index (κ1) is 10.8. The van der Waals surface area contributed by atoms with Gasteiger partial charge < -0.3 is 4.74 Å². The Morgan fingerprint density at radius 1 is 1.50 bits per heavy atom. The van der Waals surface area contributed by atoms with Crippen LogP contribution in [0.5, 0.6) is 5.75 Å². The Hall–Kier alpha value is -1.26. The molecule has 4 nitrogen and oxygen atoms in total. The van der Waals surface area contributed by atoms with Crippen LogP contribution in [0.1, 0.15) is 0 Å². The van der Waals surface area contributed by atoms with Gasteiger partial charge >= 0.3 is 0 Å². The largest absolute Gasteiger partial charge is 0.497 e. The number of fused-ring (bicyclic) bond motifs is 1. The quantitative estimate of drug-likeness (QED) is 0.648. The van der Waals surface area contributed by atoms with Gasteiger partial charge in [-0.2, -0.15) is 0 Å². The molecule has 0 aromatic heterocycles. The normalized spacial score (nSPS) is 13.1. The van der Waals surface area contributed by atoms with Gasteiger partial charge in [0.15, 0.2) is 0 Å². The number of rotatable bonds is 1. The van der Waals surface area contributed by atoms with E-state index >= 15 is 0 Å². The minimum absolute atomic E-state index is 0. The van der Waals surface area contributed by atoms with Gasteiger partial charge in [-0.25, -0.2) is 5.84 Å². The molecule has 5 heteroatoms. The molecule has 2 rings (SSSR count). The lowest BCUT2D eigenvalue weighted by Gasteiger charge is -2.13. The monoisotopic (exact) mass is 213 g/mol. The van der Waals surface area contributed by atoms with Gasteiger partial charge in [-0.1, -0.05) is 0 Å². The van der Waals surface area contributed by atoms with Crippen LogP contribution in [-0.4, -0.2) is 18.8 Å². The van der Waals surface area contributed by atoms with Crippen molar-refractivity contribution in [1.29, 1.82) is 0 Å². The first-order valence-corrected chi connectivity index (χ1v) is 4.01. The molecule has 1 aliphatic heterocycles. The lowest BCUT2D eigenvalue weighted by molar-refractivity contribution is 0.411. The summed E-state index contributed by atoms with van der Waals surface area (Å²) in [5.74, 6) is 6.39. The van der Waals surface area contributed by atoms with Crippen molar-refractivity contribution in [3.05, 3.63) is 28.8 Å². The summed E-state index contributed by atoms with van der Waals surface area (Å²) in [4.78, 5) is 4.27. The molecule has 0 amide bonds. The molecule has 0 fully saturated rings. The Kier molecular flexibility index (Phi) is 3.33. The van der Waals surface area contributed by atoms with E-state index in [1.165, 1.54) is 0 Å². The first-order chi connectivity index (χ1) is 6.29. The van der Waals surface area contributed by atoms with Crippen LogP contribution >= 0.6 is 12.4 Å². The minimum atomic E-state index is 0. The second-order valence-electron chi connectivity index (χ2n) is 2.87. The molecule has 0 unspecified atom stereocenters. The molecule has 0 saturated heterocycles. The van der Waals surface area contributed by atoms with Gasteiger partial charge in [-0.3, -0.25) is 10.0 Å². The predicted molar refractivity (Wildman–Crippen MR) is 56.4 cm³/mol. The van der Waals surface area contributed by atoms with Crippen molar-refractivity contribution in [2.24, 2.45) is 10.8 Å². The second-order valence-corrected chi connectivity index (χ2v) is 2.87. The third kappa shape index (κ3) is 1.97. The first-order valence-electron chi connectivity index (χ1n) is 4.01. The molecule has 0 spiro atoms. The number of nitrogens with zero attached hydrogens (tertiary/aromatic N) is 2. The highest BCUT2D eigenvalue weighted by atomic mass is 35.5. The zero-order valence-corrected chi connectivity index (χ0v) is 8.62. The highest BCUT2D eigenvalue weighted by molar-refractivity contribution is 5.85. The van der Waals surface area contributed by atoms with Crippen molar-refractivity contribution >= 4 is 18.6 Å². The summed E-state index contributed by atoms with van der Waals surface area (Å²) in [6, 6.07) is 5.74. The third-order valence-electron chi connectivity index (χ3n) is 1.95. The van der Waals surface area contributed by atoms with E-state index in [2.05, 4.69) is 4.99 Å². The van der Waals surface area contributed by atoms with E-state index in [1.807, 2.05) is 24.4 Å². The van der Waals surface area contributed by atoms with Crippen LogP contribution in [0.4, 0.5) is 0 Å². The molecule has 0 bridgehead atoms. The number of methoxy groups -OCH3 is 1. The fourth-order valence-corrected chi connectivity index (χ4v) is 1.27. The van der Waals surface area contributed by atoms with Crippen LogP contribution in [0.3, 0.4) is 0 Å². The van der Waals surface area contributed by atoms with Gasteiger partial charge in [-0.05, 0) is 12.1 Å². The molecular weight excluding hydrogens is 202 g/mol. The summed E-state index contributed by atoms with van der Waals surface area (Å²) >= 11 is 0. The van der Waals surface area contributed by atoms with Gasteiger partial charge in [0.2, 0.25) is 0 Å². The summed E-state index contributed by atoms with van der Waals surface area (Å²) in [6.07, 6.45) is 1.86. The highest BCUT2D eigenvalue weighted by Gasteiger charge is 1.99. The van der Waals surface area contributed by atoms with Crippen molar-refractivity contribution in [3.63, 3.8) is 0 Å². The average Bonchev–Trinajstić information content (AvgIpc) is 2.17. The van der Waals surface area contributed by atoms with Gasteiger partial charge in [0.25, 0.3) is 0 Å². The van der Waals surface area contributed by atoms with E-state index in [0.29, 0.717) is 6.67 Å². The maximum atomic E-state index is 5.57. The minimum Gasteiger partial charge on any atom is -0.497 e. The number of halogens is 1. The lowest BCUT2D eigenvalue weighted by atomic mass is 10.2. The molecular formula is C9H12ClN3O. The van der Waals surface area contributed by atoms with Crippen molar-refractivity contribution in [3.8, 4) is 5.75 Å². The molecule has 1 aromatic rings. The zero-order chi connectivity index (χ0) is 9.26. The fourth-order valence-electron chi connectivity index (χ4n) is 1.27. The van der Waals surface area contributed by atoms with Crippen molar-refractivity contribution < 1.29 is 4.74 Å². The maximum absolute atomic E-state index is 5.57. The molecule has 0 aliphatic carbocycles. The second kappa shape index (κ2) is 4.30. The molecule has 1 aliphatic rings. The zero-order valence-electron chi connectivity index (χ0n) is 7.80. The van der Waals surface area contributed by atoms with E-state index in [-0.39, 0.29) is 12.4 Å². The number of benzene rings is 1. The Balaban J connectivity index is 0.000000980. The summed E-state index contributed by atoms with van der Waals surface area (Å²) in [5, 5.41) is 3.50. The lowest BCUT2D eigenvalue weighted by Crippen LogP contribution is -2.38. The molecule has 2 N–H and O–H groups in total. The number of nitrogens with two attached hydrogens (primary N) is 1. The van der Waals surface area contributed by atoms with E-state index in [0.717, 1.165) is 16.3 Å². The number of hydrogen-bond donors (Lipinski definition) is 1. The smallest absolute Gasteiger partial charge is 0.124 e. The summed E-state index contributed by atoms with van der Waals surface area (Å²) in [5.41, 5.74) is 0. The van der Waals surface area contributed by atoms with Gasteiger partial charge in [0, 0.05) is 17.5 Å². The molecule has 0 atom stereocenters. The number of hydrogen-bond acceptors (Lipinski definition) is 4. The Labute approximate surface area is 88.1 Å². The van der Waals surface area contributed by atoms with Crippen molar-refractivity contribution in [2.75, 3.05) is 13.8 Å². The van der Waals surface area contributed by atoms with Gasteiger partial charge in [0.05, 0.1) is 12.5 Å². The average molecular weight is 214 g/mol. The molecule has 1 aromatic carbocycles. The molecule has 1 heterocycles. The van der Waals surface area contributed by atoms with Crippen LogP contribution in [-0.2, 0) is 0 Å². The van der Waals surface area contributed by atoms with E-state index in [9.17, 15) is 0 Å². The predicted octanol–water partition coefficient (Wildman–Crippen LogP) is -0.379. The third-order valence-corrected chi connectivity index (χ3v) is 1.95. The molecule has 14 heavy (non-hydrogen) atoms. The van der Waals surface area contributed by atoms with Crippen molar-refractivity contribution in [2.45, 2.75) is 0 Å². The Morgan fingerprint density at radius 3 is 3.00 bits per heavy atom. The Morgan fingerprint density at radius 2 is 2.29 bits per heavy atom. The van der Waals surface area contributed by atoms with Crippen molar-refractivity contribution in [1.82, 2.24) is 5.01 Å². The van der Waals surface area contributed by atoms with Crippen LogP contribution in [0.15, 0.2) is 23.2 Å². The highest BCUT2D eigenvalue weighted by Crippen LogP contribution is 2.02. The standard InChI is InChI=1S/C9H11N3O.ClH/c1-13-8-3-2-7-5-12(10)6-11-9(7)4-8;/h2-5H,6,10H2,1H3;1H. The van der Waals surface area contributed by atoms with E-state index < -0.39 is 0 Å². The SMILES string of the molecule is COc1ccc2c(c1)=NCN(N)C=2.Cl. The number of ether oxygens (including phenoxy) is 1. The number of hydrazine groups is 1. The maximum Gasteiger partial charge on any atom is 0.124 e. The van der Waals surface area contributed by atoms with Gasteiger partial charge in [0.1, 0.15) is 12.4 Å². The molecule has 0 radical (unpaired) electrons. The Bertz CT molecular complexity index is 432. The topological polar surface area (TPSA) is 50.8 Å². The summed E-state index contributed by atoms with van der Waals surface area (Å²) < 4.78 is 5.09. The van der Waals surface area contributed by atoms with E-state index in [1.54, 1.807) is 12.1 Å².